The minimum Gasteiger partial charge on any atom is -0.497 e. The minimum absolute atomic E-state index is 0.0499. The summed E-state index contributed by atoms with van der Waals surface area (Å²) in [7, 11) is 3.12. The van der Waals surface area contributed by atoms with E-state index in [9.17, 15) is 4.79 Å². The van der Waals surface area contributed by atoms with Crippen LogP contribution in [0, 0.1) is 0 Å². The number of methoxy groups -OCH3 is 2. The van der Waals surface area contributed by atoms with Gasteiger partial charge >= 0.3 is 0 Å². The summed E-state index contributed by atoms with van der Waals surface area (Å²) in [5.41, 5.74) is 7.35. The van der Waals surface area contributed by atoms with E-state index in [1.165, 1.54) is 0 Å². The van der Waals surface area contributed by atoms with Gasteiger partial charge in [-0.2, -0.15) is 10.1 Å². The maximum atomic E-state index is 12.2. The molecule has 0 radical (unpaired) electrons. The Morgan fingerprint density at radius 3 is 2.78 bits per heavy atom. The Hall–Kier alpha value is -3.07. The molecule has 0 spiro atoms. The van der Waals surface area contributed by atoms with E-state index in [4.69, 9.17) is 20.3 Å². The summed E-state index contributed by atoms with van der Waals surface area (Å²) < 4.78 is 12.5. The summed E-state index contributed by atoms with van der Waals surface area (Å²) in [5, 5.41) is 16.7. The van der Waals surface area contributed by atoms with Crippen molar-refractivity contribution in [2.24, 2.45) is 5.73 Å². The van der Waals surface area contributed by atoms with Gasteiger partial charge in [0.25, 0.3) is 0 Å². The third-order valence-corrected chi connectivity index (χ3v) is 4.45. The molecule has 0 saturated carbocycles. The smallest absolute Gasteiger partial charge is 0.248 e. The van der Waals surface area contributed by atoms with Crippen LogP contribution in [-0.2, 0) is 11.2 Å². The Balaban J connectivity index is 2.19. The van der Waals surface area contributed by atoms with Crippen molar-refractivity contribution in [2.45, 2.75) is 25.8 Å². The fourth-order valence-electron chi connectivity index (χ4n) is 3.20. The molecule has 9 nitrogen and oxygen atoms in total. The monoisotopic (exact) mass is 373 g/mol. The molecule has 1 aromatic heterocycles. The van der Waals surface area contributed by atoms with Crippen molar-refractivity contribution in [3.8, 4) is 11.5 Å². The lowest BCUT2D eigenvalue weighted by Crippen LogP contribution is -2.32. The first-order valence-corrected chi connectivity index (χ1v) is 8.56. The number of aliphatic hydroxyl groups excluding tert-OH is 1. The first kappa shape index (κ1) is 18.7. The highest BCUT2D eigenvalue weighted by atomic mass is 16.5. The predicted octanol–water partition coefficient (Wildman–Crippen LogP) is 0.994. The lowest BCUT2D eigenvalue weighted by molar-refractivity contribution is -0.115. The molecular formula is C18H23N5O4. The number of aryl methyl sites for hydroxylation is 1. The van der Waals surface area contributed by atoms with Gasteiger partial charge in [0, 0.05) is 24.3 Å². The van der Waals surface area contributed by atoms with Crippen molar-refractivity contribution < 1.29 is 19.4 Å². The molecule has 2 aromatic rings. The van der Waals surface area contributed by atoms with E-state index in [2.05, 4.69) is 15.4 Å². The summed E-state index contributed by atoms with van der Waals surface area (Å²) in [6.45, 7) is 1.82. The van der Waals surface area contributed by atoms with Crippen molar-refractivity contribution in [1.82, 2.24) is 14.8 Å². The number of nitrogens with one attached hydrogen (secondary N) is 1. The second kappa shape index (κ2) is 7.67. The zero-order valence-corrected chi connectivity index (χ0v) is 15.5. The van der Waals surface area contributed by atoms with Crippen LogP contribution in [0.1, 0.15) is 30.8 Å². The minimum atomic E-state index is -0.612. The first-order chi connectivity index (χ1) is 13.0. The number of fused-ring (bicyclic) bond motifs is 1. The van der Waals surface area contributed by atoms with Crippen molar-refractivity contribution in [1.29, 1.82) is 0 Å². The number of nitrogens with two attached hydrogens (primary N) is 1. The van der Waals surface area contributed by atoms with E-state index in [1.54, 1.807) is 44.0 Å². The van der Waals surface area contributed by atoms with Gasteiger partial charge in [-0.25, -0.2) is 4.68 Å². The molecular weight excluding hydrogens is 350 g/mol. The Morgan fingerprint density at radius 2 is 2.15 bits per heavy atom. The van der Waals surface area contributed by atoms with Crippen LogP contribution in [0.4, 0.5) is 5.95 Å². The quantitative estimate of drug-likeness (QED) is 0.661. The van der Waals surface area contributed by atoms with Crippen LogP contribution in [0.15, 0.2) is 29.5 Å². The van der Waals surface area contributed by atoms with Gasteiger partial charge in [0.1, 0.15) is 17.5 Å². The number of rotatable bonds is 7. The SMILES string of the molecule is COc1ccc(OC)c([C@H]2C(C(N)=O)=C(C)Nc3nc(CCCO)nn32)c1. The maximum Gasteiger partial charge on any atom is 0.248 e. The number of amides is 1. The third kappa shape index (κ3) is 3.45. The number of carbonyl (C=O) groups is 1. The zero-order valence-electron chi connectivity index (χ0n) is 15.5. The predicted molar refractivity (Wildman–Crippen MR) is 98.6 cm³/mol. The van der Waals surface area contributed by atoms with Crippen molar-refractivity contribution in [3.63, 3.8) is 0 Å². The zero-order chi connectivity index (χ0) is 19.6. The molecule has 1 amide bonds. The second-order valence-electron chi connectivity index (χ2n) is 6.16. The van der Waals surface area contributed by atoms with Crippen molar-refractivity contribution in [2.75, 3.05) is 26.1 Å². The highest BCUT2D eigenvalue weighted by Gasteiger charge is 2.35. The van der Waals surface area contributed by atoms with Gasteiger partial charge in [-0.1, -0.05) is 0 Å². The van der Waals surface area contributed by atoms with E-state index < -0.39 is 11.9 Å². The van der Waals surface area contributed by atoms with Crippen LogP contribution in [0.5, 0.6) is 11.5 Å². The summed E-state index contributed by atoms with van der Waals surface area (Å²) in [6, 6.07) is 4.73. The maximum absolute atomic E-state index is 12.2. The molecule has 1 aliphatic rings. The lowest BCUT2D eigenvalue weighted by atomic mass is 9.94. The number of ether oxygens (including phenoxy) is 2. The van der Waals surface area contributed by atoms with E-state index in [1.807, 2.05) is 0 Å². The summed E-state index contributed by atoms with van der Waals surface area (Å²) in [5.74, 6) is 1.70. The normalized spacial score (nSPS) is 15.9. The number of anilines is 1. The molecule has 1 atom stereocenters. The average Bonchev–Trinajstić information content (AvgIpc) is 3.06. The highest BCUT2D eigenvalue weighted by molar-refractivity contribution is 5.95. The third-order valence-electron chi connectivity index (χ3n) is 4.45. The molecule has 1 aliphatic heterocycles. The van der Waals surface area contributed by atoms with Gasteiger partial charge in [0.2, 0.25) is 11.9 Å². The second-order valence-corrected chi connectivity index (χ2v) is 6.16. The summed E-state index contributed by atoms with van der Waals surface area (Å²) in [6.07, 6.45) is 1.07. The molecule has 2 heterocycles. The molecule has 0 saturated heterocycles. The number of primary amides is 1. The van der Waals surface area contributed by atoms with Crippen LogP contribution < -0.4 is 20.5 Å². The van der Waals surface area contributed by atoms with Crippen molar-refractivity contribution in [3.05, 3.63) is 40.9 Å². The molecule has 3 rings (SSSR count). The fraction of sp³-hybridized carbons (Fsp3) is 0.389. The number of benzene rings is 1. The van der Waals surface area contributed by atoms with Gasteiger partial charge in [-0.05, 0) is 31.5 Å². The topological polar surface area (TPSA) is 125 Å². The number of nitrogens with zero attached hydrogens (tertiary/aromatic N) is 3. The van der Waals surface area contributed by atoms with Gasteiger partial charge in [0.05, 0.1) is 19.8 Å². The van der Waals surface area contributed by atoms with E-state index in [-0.39, 0.29) is 6.61 Å². The molecule has 144 valence electrons. The molecule has 1 aromatic carbocycles. The Bertz CT molecular complexity index is 890. The molecule has 4 N–H and O–H groups in total. The molecule has 0 unspecified atom stereocenters. The highest BCUT2D eigenvalue weighted by Crippen LogP contribution is 2.40. The van der Waals surface area contributed by atoms with Gasteiger partial charge in [-0.3, -0.25) is 4.79 Å². The van der Waals surface area contributed by atoms with Crippen LogP contribution in [-0.4, -0.2) is 46.6 Å². The van der Waals surface area contributed by atoms with Gasteiger partial charge in [-0.15, -0.1) is 0 Å². The Labute approximate surface area is 156 Å². The molecule has 27 heavy (non-hydrogen) atoms. The number of hydrogen-bond acceptors (Lipinski definition) is 7. The van der Waals surface area contributed by atoms with Gasteiger partial charge in [0.15, 0.2) is 5.82 Å². The molecule has 9 heteroatoms. The molecule has 0 bridgehead atoms. The lowest BCUT2D eigenvalue weighted by Gasteiger charge is -2.28. The first-order valence-electron chi connectivity index (χ1n) is 8.56. The van der Waals surface area contributed by atoms with Crippen LogP contribution >= 0.6 is 0 Å². The van der Waals surface area contributed by atoms with E-state index >= 15 is 0 Å². The van der Waals surface area contributed by atoms with Crippen molar-refractivity contribution >= 4 is 11.9 Å². The van der Waals surface area contributed by atoms with E-state index in [0.29, 0.717) is 52.9 Å². The fourth-order valence-corrected chi connectivity index (χ4v) is 3.20. The number of hydrogen-bond donors (Lipinski definition) is 3. The number of aromatic nitrogens is 3. The van der Waals surface area contributed by atoms with Crippen LogP contribution in [0.25, 0.3) is 0 Å². The van der Waals surface area contributed by atoms with E-state index in [0.717, 1.165) is 0 Å². The van der Waals surface area contributed by atoms with Crippen LogP contribution in [0.2, 0.25) is 0 Å². The van der Waals surface area contributed by atoms with Crippen LogP contribution in [0.3, 0.4) is 0 Å². The summed E-state index contributed by atoms with van der Waals surface area (Å²) >= 11 is 0. The Morgan fingerprint density at radius 1 is 1.37 bits per heavy atom. The standard InChI is InChI=1S/C18H23N5O4/c1-10-15(17(19)25)16(12-9-11(26-2)6-7-13(12)27-3)23-18(20-10)21-14(22-23)5-4-8-24/h6-7,9,16,24H,4-5,8H2,1-3H3,(H2,19,25)(H,20,21,22)/t16-/m0/s1. The Kier molecular flexibility index (Phi) is 5.31. The van der Waals surface area contributed by atoms with Gasteiger partial charge < -0.3 is 25.6 Å². The number of aliphatic hydroxyl groups is 1. The molecule has 0 aliphatic carbocycles. The number of allylic oxidation sites excluding steroid dienone is 1. The largest absolute Gasteiger partial charge is 0.497 e. The summed E-state index contributed by atoms with van der Waals surface area (Å²) in [4.78, 5) is 16.7. The molecule has 0 fully saturated rings. The number of carbonyl (C=O) groups excluding carboxylic acids is 1. The average molecular weight is 373 g/mol.